The maximum atomic E-state index is 13.8. The Morgan fingerprint density at radius 2 is 1.88 bits per heavy atom. The number of carbonyl (C=O) groups is 1. The van der Waals surface area contributed by atoms with Crippen LogP contribution in [0.5, 0.6) is 0 Å². The molecular weight excluding hydrogens is 470 g/mol. The van der Waals surface area contributed by atoms with Crippen molar-refractivity contribution in [1.29, 1.82) is 0 Å². The van der Waals surface area contributed by atoms with Crippen LogP contribution in [0.2, 0.25) is 10.0 Å². The summed E-state index contributed by atoms with van der Waals surface area (Å²) in [5, 5.41) is 2.97. The average Bonchev–Trinajstić information content (AvgIpc) is 2.52. The number of nitrogens with one attached hydrogen (secondary N) is 1. The molecular formula is C16H14BrCl2FN2O3S. The zero-order chi connectivity index (χ0) is 19.5. The summed E-state index contributed by atoms with van der Waals surface area (Å²) >= 11 is 14.9. The van der Waals surface area contributed by atoms with Crippen LogP contribution in [0.15, 0.2) is 40.9 Å². The van der Waals surface area contributed by atoms with Gasteiger partial charge in [-0.05, 0) is 35.9 Å². The number of halogens is 4. The lowest BCUT2D eigenvalue weighted by molar-refractivity contribution is -0.116. The molecule has 0 saturated heterocycles. The van der Waals surface area contributed by atoms with E-state index in [1.807, 2.05) is 0 Å². The summed E-state index contributed by atoms with van der Waals surface area (Å²) in [6.45, 7) is -0.555. The molecule has 2 aromatic rings. The Morgan fingerprint density at radius 1 is 1.19 bits per heavy atom. The van der Waals surface area contributed by atoms with E-state index in [2.05, 4.69) is 21.2 Å². The molecule has 0 aliphatic heterocycles. The van der Waals surface area contributed by atoms with E-state index in [1.54, 1.807) is 12.1 Å². The van der Waals surface area contributed by atoms with Gasteiger partial charge in [-0.3, -0.25) is 4.79 Å². The van der Waals surface area contributed by atoms with E-state index in [9.17, 15) is 17.6 Å². The Bertz CT molecular complexity index is 941. The van der Waals surface area contributed by atoms with Crippen molar-refractivity contribution < 1.29 is 17.6 Å². The predicted octanol–water partition coefficient (Wildman–Crippen LogP) is 4.30. The van der Waals surface area contributed by atoms with Gasteiger partial charge in [0.05, 0.1) is 28.5 Å². The van der Waals surface area contributed by atoms with Crippen LogP contribution in [0.4, 0.5) is 10.1 Å². The molecule has 1 N–H and O–H groups in total. The van der Waals surface area contributed by atoms with Gasteiger partial charge in [0.2, 0.25) is 15.9 Å². The summed E-state index contributed by atoms with van der Waals surface area (Å²) in [6.07, 6.45) is 0.984. The average molecular weight is 484 g/mol. The van der Waals surface area contributed by atoms with Gasteiger partial charge in [0.25, 0.3) is 0 Å². The van der Waals surface area contributed by atoms with Crippen LogP contribution in [-0.2, 0) is 21.4 Å². The molecule has 26 heavy (non-hydrogen) atoms. The third-order valence-electron chi connectivity index (χ3n) is 3.34. The fourth-order valence-electron chi connectivity index (χ4n) is 2.07. The molecule has 0 heterocycles. The maximum Gasteiger partial charge on any atom is 0.239 e. The van der Waals surface area contributed by atoms with Gasteiger partial charge in [-0.15, -0.1) is 0 Å². The second-order valence-electron chi connectivity index (χ2n) is 5.45. The minimum Gasteiger partial charge on any atom is -0.322 e. The zero-order valence-corrected chi connectivity index (χ0v) is 17.4. The van der Waals surface area contributed by atoms with E-state index in [1.165, 1.54) is 24.3 Å². The molecule has 2 rings (SSSR count). The van der Waals surface area contributed by atoms with Gasteiger partial charge in [-0.25, -0.2) is 12.8 Å². The lowest BCUT2D eigenvalue weighted by atomic mass is 10.2. The molecule has 5 nitrogen and oxygen atoms in total. The highest BCUT2D eigenvalue weighted by Crippen LogP contribution is 2.24. The molecule has 0 spiro atoms. The quantitative estimate of drug-likeness (QED) is 0.666. The molecule has 0 aliphatic carbocycles. The highest BCUT2D eigenvalue weighted by atomic mass is 79.9. The van der Waals surface area contributed by atoms with Gasteiger partial charge >= 0.3 is 0 Å². The number of rotatable bonds is 6. The number of carbonyl (C=O) groups excluding carboxylic acids is 1. The molecule has 140 valence electrons. The van der Waals surface area contributed by atoms with Crippen LogP contribution < -0.4 is 5.32 Å². The lowest BCUT2D eigenvalue weighted by Crippen LogP contribution is -2.37. The number of amides is 1. The molecule has 1 amide bonds. The van der Waals surface area contributed by atoms with Crippen LogP contribution in [0, 0.1) is 5.82 Å². The van der Waals surface area contributed by atoms with Gasteiger partial charge in [0.1, 0.15) is 5.82 Å². The van der Waals surface area contributed by atoms with Crippen molar-refractivity contribution in [3.05, 3.63) is 62.3 Å². The molecule has 0 saturated carbocycles. The molecule has 0 unspecified atom stereocenters. The molecule has 10 heteroatoms. The highest BCUT2D eigenvalue weighted by Gasteiger charge is 2.21. The van der Waals surface area contributed by atoms with Crippen molar-refractivity contribution in [3.63, 3.8) is 0 Å². The minimum absolute atomic E-state index is 0.0406. The number of anilines is 1. The van der Waals surface area contributed by atoms with Crippen molar-refractivity contribution in [2.45, 2.75) is 6.54 Å². The fraction of sp³-hybridized carbons (Fsp3) is 0.188. The highest BCUT2D eigenvalue weighted by molar-refractivity contribution is 9.10. The zero-order valence-electron chi connectivity index (χ0n) is 13.5. The summed E-state index contributed by atoms with van der Waals surface area (Å²) in [4.78, 5) is 12.2. The summed E-state index contributed by atoms with van der Waals surface area (Å²) in [5.41, 5.74) is 0.522. The third-order valence-corrected chi connectivity index (χ3v) is 5.77. The second kappa shape index (κ2) is 8.67. The van der Waals surface area contributed by atoms with E-state index in [0.29, 0.717) is 15.1 Å². The largest absolute Gasteiger partial charge is 0.322 e. The second-order valence-corrected chi connectivity index (χ2v) is 9.16. The van der Waals surface area contributed by atoms with E-state index in [0.717, 1.165) is 10.6 Å². The summed E-state index contributed by atoms with van der Waals surface area (Å²) in [6, 6.07) is 8.80. The van der Waals surface area contributed by atoms with Crippen LogP contribution in [0.25, 0.3) is 0 Å². The Hall–Kier alpha value is -1.19. The van der Waals surface area contributed by atoms with E-state index >= 15 is 0 Å². The summed E-state index contributed by atoms with van der Waals surface area (Å²) < 4.78 is 39.3. The first-order valence-electron chi connectivity index (χ1n) is 7.20. The number of hydrogen-bond acceptors (Lipinski definition) is 3. The Kier molecular flexibility index (Phi) is 7.04. The summed E-state index contributed by atoms with van der Waals surface area (Å²) in [7, 11) is -3.70. The normalized spacial score (nSPS) is 11.6. The number of benzene rings is 2. The maximum absolute atomic E-state index is 13.8. The first kappa shape index (κ1) is 21.1. The van der Waals surface area contributed by atoms with Crippen LogP contribution in [0.3, 0.4) is 0 Å². The summed E-state index contributed by atoms with van der Waals surface area (Å²) in [5.74, 6) is -1.31. The first-order valence-corrected chi connectivity index (χ1v) is 10.6. The number of nitrogens with zero attached hydrogens (tertiary/aromatic N) is 1. The van der Waals surface area contributed by atoms with Crippen molar-refractivity contribution >= 4 is 60.7 Å². The van der Waals surface area contributed by atoms with E-state index < -0.39 is 28.3 Å². The van der Waals surface area contributed by atoms with Crippen LogP contribution in [-0.4, -0.2) is 31.4 Å². The predicted molar refractivity (Wildman–Crippen MR) is 104 cm³/mol. The number of sulfonamides is 1. The molecule has 0 aromatic heterocycles. The molecule has 0 radical (unpaired) electrons. The van der Waals surface area contributed by atoms with Gasteiger partial charge in [0, 0.05) is 11.0 Å². The smallest absolute Gasteiger partial charge is 0.239 e. The van der Waals surface area contributed by atoms with Gasteiger partial charge in [-0.2, -0.15) is 4.31 Å². The molecule has 0 atom stereocenters. The third kappa shape index (κ3) is 5.92. The monoisotopic (exact) mass is 482 g/mol. The van der Waals surface area contributed by atoms with E-state index in [4.69, 9.17) is 23.2 Å². The Balaban J connectivity index is 2.14. The standard InChI is InChI=1S/C16H14BrCl2FN2O3S/c1-26(24,25)22(8-10-2-4-12(18)13(19)6-10)9-16(23)21-15-5-3-11(17)7-14(15)20/h2-7H,8-9H2,1H3,(H,21,23). The van der Waals surface area contributed by atoms with Crippen molar-refractivity contribution in [1.82, 2.24) is 4.31 Å². The molecule has 0 bridgehead atoms. The first-order chi connectivity index (χ1) is 12.1. The fourth-order valence-corrected chi connectivity index (χ4v) is 3.46. The van der Waals surface area contributed by atoms with Crippen molar-refractivity contribution in [2.75, 3.05) is 18.1 Å². The molecule has 0 fully saturated rings. The Morgan fingerprint density at radius 3 is 2.46 bits per heavy atom. The number of hydrogen-bond donors (Lipinski definition) is 1. The van der Waals surface area contributed by atoms with Crippen LogP contribution >= 0.6 is 39.1 Å². The van der Waals surface area contributed by atoms with Gasteiger partial charge in [-0.1, -0.05) is 45.2 Å². The molecule has 2 aromatic carbocycles. The minimum atomic E-state index is -3.70. The lowest BCUT2D eigenvalue weighted by Gasteiger charge is -2.20. The van der Waals surface area contributed by atoms with E-state index in [-0.39, 0.29) is 17.3 Å². The molecule has 0 aliphatic rings. The SMILES string of the molecule is CS(=O)(=O)N(CC(=O)Nc1ccc(Br)cc1F)Cc1ccc(Cl)c(Cl)c1. The van der Waals surface area contributed by atoms with Crippen molar-refractivity contribution in [3.8, 4) is 0 Å². The van der Waals surface area contributed by atoms with Crippen LogP contribution in [0.1, 0.15) is 5.56 Å². The van der Waals surface area contributed by atoms with Gasteiger partial charge in [0.15, 0.2) is 0 Å². The Labute approximate surface area is 169 Å². The topological polar surface area (TPSA) is 66.5 Å². The van der Waals surface area contributed by atoms with Gasteiger partial charge < -0.3 is 5.32 Å². The van der Waals surface area contributed by atoms with Crippen molar-refractivity contribution in [2.24, 2.45) is 0 Å².